The molecule has 1 aliphatic rings. The molecule has 7 nitrogen and oxygen atoms in total. The van der Waals surface area contributed by atoms with Gasteiger partial charge in [0, 0.05) is 30.9 Å². The van der Waals surface area contributed by atoms with Crippen LogP contribution in [0.3, 0.4) is 0 Å². The number of anilines is 1. The lowest BCUT2D eigenvalue weighted by atomic mass is 10.2. The average Bonchev–Trinajstić information content (AvgIpc) is 3.30. The van der Waals surface area contributed by atoms with Crippen LogP contribution in [0.2, 0.25) is 0 Å². The Hall–Kier alpha value is -1.93. The second-order valence-corrected chi connectivity index (χ2v) is 7.15. The van der Waals surface area contributed by atoms with Gasteiger partial charge in [0.25, 0.3) is 0 Å². The van der Waals surface area contributed by atoms with Crippen molar-refractivity contribution in [3.63, 3.8) is 0 Å². The zero-order chi connectivity index (χ0) is 16.9. The van der Waals surface area contributed by atoms with E-state index in [9.17, 15) is 4.79 Å². The molecule has 2 aromatic heterocycles. The molecular formula is C16H23N5O2S. The van der Waals surface area contributed by atoms with Gasteiger partial charge in [0.05, 0.1) is 31.1 Å². The fourth-order valence-electron chi connectivity index (χ4n) is 2.60. The maximum absolute atomic E-state index is 12.3. The lowest BCUT2D eigenvalue weighted by Gasteiger charge is -2.15. The van der Waals surface area contributed by atoms with E-state index in [4.69, 9.17) is 4.74 Å². The summed E-state index contributed by atoms with van der Waals surface area (Å²) < 4.78 is 7.42. The Morgan fingerprint density at radius 2 is 2.42 bits per heavy atom. The highest BCUT2D eigenvalue weighted by Crippen LogP contribution is 2.17. The molecule has 130 valence electrons. The minimum absolute atomic E-state index is 0.167. The zero-order valence-corrected chi connectivity index (χ0v) is 14.9. The van der Waals surface area contributed by atoms with Crippen molar-refractivity contribution >= 4 is 23.1 Å². The summed E-state index contributed by atoms with van der Waals surface area (Å²) in [6.07, 6.45) is 8.76. The maximum atomic E-state index is 12.3. The Kier molecular flexibility index (Phi) is 5.47. The van der Waals surface area contributed by atoms with Crippen LogP contribution in [-0.4, -0.2) is 45.5 Å². The van der Waals surface area contributed by atoms with E-state index in [0.717, 1.165) is 37.4 Å². The summed E-state index contributed by atoms with van der Waals surface area (Å²) in [7, 11) is 1.76. The first-order valence-corrected chi connectivity index (χ1v) is 9.05. The van der Waals surface area contributed by atoms with Gasteiger partial charge in [-0.1, -0.05) is 6.92 Å². The van der Waals surface area contributed by atoms with Crippen LogP contribution in [0.5, 0.6) is 0 Å². The quantitative estimate of drug-likeness (QED) is 0.870. The van der Waals surface area contributed by atoms with Gasteiger partial charge in [-0.25, -0.2) is 9.78 Å². The van der Waals surface area contributed by atoms with E-state index >= 15 is 0 Å². The van der Waals surface area contributed by atoms with Gasteiger partial charge < -0.3 is 15.0 Å². The molecule has 0 bridgehead atoms. The number of hydrogen-bond donors (Lipinski definition) is 1. The maximum Gasteiger partial charge on any atom is 0.322 e. The van der Waals surface area contributed by atoms with Gasteiger partial charge in [0.1, 0.15) is 5.01 Å². The summed E-state index contributed by atoms with van der Waals surface area (Å²) in [5.74, 6) is 0. The summed E-state index contributed by atoms with van der Waals surface area (Å²) in [5, 5.41) is 8.09. The number of thiazole rings is 1. The number of hydrogen-bond acceptors (Lipinski definition) is 5. The van der Waals surface area contributed by atoms with Crippen molar-refractivity contribution < 1.29 is 9.53 Å². The van der Waals surface area contributed by atoms with Crippen LogP contribution in [0.4, 0.5) is 10.5 Å². The average molecular weight is 349 g/mol. The predicted octanol–water partition coefficient (Wildman–Crippen LogP) is 2.74. The molecule has 0 radical (unpaired) electrons. The number of rotatable bonds is 6. The molecule has 1 saturated heterocycles. The zero-order valence-electron chi connectivity index (χ0n) is 14.1. The third-order valence-electron chi connectivity index (χ3n) is 3.97. The van der Waals surface area contributed by atoms with E-state index < -0.39 is 0 Å². The monoisotopic (exact) mass is 349 g/mol. The number of amides is 2. The van der Waals surface area contributed by atoms with Crippen molar-refractivity contribution in [2.75, 3.05) is 19.0 Å². The van der Waals surface area contributed by atoms with Gasteiger partial charge in [0.15, 0.2) is 0 Å². The summed E-state index contributed by atoms with van der Waals surface area (Å²) in [4.78, 5) is 19.5. The van der Waals surface area contributed by atoms with Gasteiger partial charge in [-0.15, -0.1) is 11.3 Å². The van der Waals surface area contributed by atoms with E-state index in [1.807, 2.05) is 17.1 Å². The highest BCUT2D eigenvalue weighted by Gasteiger charge is 2.17. The number of nitrogens with zero attached hydrogens (tertiary/aromatic N) is 4. The second kappa shape index (κ2) is 7.76. The molecule has 0 aliphatic carbocycles. The first-order chi connectivity index (χ1) is 11.6. The largest absolute Gasteiger partial charge is 0.376 e. The molecule has 1 fully saturated rings. The van der Waals surface area contributed by atoms with Crippen molar-refractivity contribution in [1.82, 2.24) is 19.7 Å². The molecule has 1 aliphatic heterocycles. The molecule has 0 aromatic carbocycles. The minimum Gasteiger partial charge on any atom is -0.376 e. The Balaban J connectivity index is 1.51. The molecule has 3 heterocycles. The van der Waals surface area contributed by atoms with Crippen LogP contribution < -0.4 is 5.32 Å². The van der Waals surface area contributed by atoms with Crippen molar-refractivity contribution in [2.45, 2.75) is 45.4 Å². The lowest BCUT2D eigenvalue weighted by molar-refractivity contribution is 0.0940. The molecule has 8 heteroatoms. The third-order valence-corrected chi connectivity index (χ3v) is 5.09. The molecule has 24 heavy (non-hydrogen) atoms. The Bertz CT molecular complexity index is 678. The van der Waals surface area contributed by atoms with Gasteiger partial charge in [-0.2, -0.15) is 5.10 Å². The highest BCUT2D eigenvalue weighted by molar-refractivity contribution is 7.11. The number of carbonyl (C=O) groups is 1. The second-order valence-electron chi connectivity index (χ2n) is 5.95. The molecular weight excluding hydrogens is 326 g/mol. The van der Waals surface area contributed by atoms with Crippen LogP contribution in [0.25, 0.3) is 0 Å². The molecule has 1 N–H and O–H groups in total. The van der Waals surface area contributed by atoms with Crippen LogP contribution in [0, 0.1) is 0 Å². The van der Waals surface area contributed by atoms with Gasteiger partial charge in [0.2, 0.25) is 0 Å². The fourth-order valence-corrected chi connectivity index (χ4v) is 3.52. The first-order valence-electron chi connectivity index (χ1n) is 8.23. The summed E-state index contributed by atoms with van der Waals surface area (Å²) in [5.41, 5.74) is 0.693. The normalized spacial score (nSPS) is 17.2. The van der Waals surface area contributed by atoms with Gasteiger partial charge in [-0.3, -0.25) is 4.68 Å². The number of nitrogens with one attached hydrogen (secondary N) is 1. The summed E-state index contributed by atoms with van der Waals surface area (Å²) >= 11 is 1.64. The number of aryl methyl sites for hydroxylation is 1. The molecule has 3 rings (SSSR count). The molecule has 2 aromatic rings. The van der Waals surface area contributed by atoms with Crippen LogP contribution >= 0.6 is 11.3 Å². The Labute approximate surface area is 145 Å². The van der Waals surface area contributed by atoms with E-state index in [0.29, 0.717) is 12.2 Å². The van der Waals surface area contributed by atoms with Crippen molar-refractivity contribution in [1.29, 1.82) is 0 Å². The summed E-state index contributed by atoms with van der Waals surface area (Å²) in [6, 6.07) is -0.167. The molecule has 2 amide bonds. The fraction of sp³-hybridized carbons (Fsp3) is 0.562. The van der Waals surface area contributed by atoms with E-state index in [1.54, 1.807) is 29.5 Å². The van der Waals surface area contributed by atoms with E-state index in [2.05, 4.69) is 22.3 Å². The van der Waals surface area contributed by atoms with E-state index in [-0.39, 0.29) is 12.1 Å². The van der Waals surface area contributed by atoms with Crippen molar-refractivity contribution in [2.24, 2.45) is 0 Å². The lowest BCUT2D eigenvalue weighted by Crippen LogP contribution is -2.30. The highest BCUT2D eigenvalue weighted by atomic mass is 32.1. The third kappa shape index (κ3) is 4.33. The summed E-state index contributed by atoms with van der Waals surface area (Å²) in [6.45, 7) is 4.16. The number of ether oxygens (including phenoxy) is 1. The predicted molar refractivity (Wildman–Crippen MR) is 93.2 cm³/mol. The number of aromatic nitrogens is 3. The van der Waals surface area contributed by atoms with Crippen molar-refractivity contribution in [3.8, 4) is 0 Å². The smallest absolute Gasteiger partial charge is 0.322 e. The van der Waals surface area contributed by atoms with Gasteiger partial charge in [-0.05, 0) is 19.3 Å². The Morgan fingerprint density at radius 1 is 1.54 bits per heavy atom. The number of carbonyl (C=O) groups excluding carboxylic acids is 1. The van der Waals surface area contributed by atoms with E-state index in [1.165, 1.54) is 4.88 Å². The molecule has 0 unspecified atom stereocenters. The van der Waals surface area contributed by atoms with Crippen LogP contribution in [-0.2, 0) is 24.2 Å². The SMILES string of the molecule is CCc1cnc(CN(C)C(=O)Nc2cnn(C[C@H]3CCCO3)c2)s1. The molecule has 0 saturated carbocycles. The minimum atomic E-state index is -0.167. The molecule has 1 atom stereocenters. The first kappa shape index (κ1) is 16.9. The topological polar surface area (TPSA) is 72.3 Å². The van der Waals surface area contributed by atoms with Crippen LogP contribution in [0.1, 0.15) is 29.7 Å². The standard InChI is InChI=1S/C16H23N5O2S/c1-3-14-8-17-15(24-14)11-20(2)16(22)19-12-7-18-21(9-12)10-13-5-4-6-23-13/h7-9,13H,3-6,10-11H2,1-2H3,(H,19,22)/t13-/m1/s1. The Morgan fingerprint density at radius 3 is 3.12 bits per heavy atom. The number of urea groups is 1. The molecule has 0 spiro atoms. The van der Waals surface area contributed by atoms with Crippen molar-refractivity contribution in [3.05, 3.63) is 28.5 Å². The van der Waals surface area contributed by atoms with Crippen LogP contribution in [0.15, 0.2) is 18.6 Å². The van der Waals surface area contributed by atoms with Gasteiger partial charge >= 0.3 is 6.03 Å².